The fourth-order valence-electron chi connectivity index (χ4n) is 2.90. The summed E-state index contributed by atoms with van der Waals surface area (Å²) < 4.78 is 5.42. The van der Waals surface area contributed by atoms with Crippen molar-refractivity contribution in [3.8, 4) is 5.75 Å². The van der Waals surface area contributed by atoms with Gasteiger partial charge in [-0.15, -0.1) is 0 Å². The number of urea groups is 1. The summed E-state index contributed by atoms with van der Waals surface area (Å²) in [6, 6.07) is 7.71. The van der Waals surface area contributed by atoms with Crippen molar-refractivity contribution in [2.75, 3.05) is 26.2 Å². The van der Waals surface area contributed by atoms with Crippen LogP contribution in [0.5, 0.6) is 5.75 Å². The number of amides is 3. The lowest BCUT2D eigenvalue weighted by molar-refractivity contribution is -0.131. The van der Waals surface area contributed by atoms with Crippen molar-refractivity contribution in [2.24, 2.45) is 0 Å². The summed E-state index contributed by atoms with van der Waals surface area (Å²) in [5.41, 5.74) is 0.993. The second kappa shape index (κ2) is 9.91. The van der Waals surface area contributed by atoms with E-state index in [0.717, 1.165) is 30.6 Å². The van der Waals surface area contributed by atoms with E-state index < -0.39 is 0 Å². The van der Waals surface area contributed by atoms with Crippen LogP contribution in [0, 0.1) is 0 Å². The van der Waals surface area contributed by atoms with Gasteiger partial charge in [-0.3, -0.25) is 4.79 Å². The number of hydrogen-bond acceptors (Lipinski definition) is 3. The molecule has 0 unspecified atom stereocenters. The van der Waals surface area contributed by atoms with Crippen molar-refractivity contribution >= 4 is 11.9 Å². The third-order valence-electron chi connectivity index (χ3n) is 4.31. The van der Waals surface area contributed by atoms with E-state index >= 15 is 0 Å². The third kappa shape index (κ3) is 6.29. The third-order valence-corrected chi connectivity index (χ3v) is 4.31. The molecule has 6 nitrogen and oxygen atoms in total. The van der Waals surface area contributed by atoms with Gasteiger partial charge in [-0.25, -0.2) is 4.79 Å². The van der Waals surface area contributed by atoms with Gasteiger partial charge in [0, 0.05) is 25.7 Å². The van der Waals surface area contributed by atoms with Crippen LogP contribution in [-0.4, -0.2) is 49.1 Å². The molecule has 0 saturated carbocycles. The van der Waals surface area contributed by atoms with E-state index in [1.54, 1.807) is 0 Å². The molecule has 1 aliphatic heterocycles. The van der Waals surface area contributed by atoms with E-state index in [0.29, 0.717) is 32.7 Å². The summed E-state index contributed by atoms with van der Waals surface area (Å²) >= 11 is 0. The van der Waals surface area contributed by atoms with Crippen LogP contribution in [0.1, 0.15) is 38.7 Å². The minimum Gasteiger partial charge on any atom is -0.494 e. The van der Waals surface area contributed by atoms with Gasteiger partial charge in [-0.1, -0.05) is 19.1 Å². The van der Waals surface area contributed by atoms with E-state index in [2.05, 4.69) is 10.6 Å². The number of hydrogen-bond donors (Lipinski definition) is 2. The molecular formula is C19H29N3O3. The van der Waals surface area contributed by atoms with Crippen molar-refractivity contribution in [1.82, 2.24) is 15.5 Å². The molecule has 0 spiro atoms. The van der Waals surface area contributed by atoms with Crippen LogP contribution in [0.25, 0.3) is 0 Å². The number of carbonyl (C=O) groups excluding carboxylic acids is 2. The molecule has 1 fully saturated rings. The van der Waals surface area contributed by atoms with Crippen molar-refractivity contribution in [1.29, 1.82) is 0 Å². The highest BCUT2D eigenvalue weighted by Gasteiger charge is 2.23. The molecule has 0 aliphatic carbocycles. The maximum Gasteiger partial charge on any atom is 0.315 e. The van der Waals surface area contributed by atoms with Gasteiger partial charge in [-0.05, 0) is 43.9 Å². The molecule has 138 valence electrons. The molecular weight excluding hydrogens is 318 g/mol. The van der Waals surface area contributed by atoms with Crippen LogP contribution >= 0.6 is 0 Å². The van der Waals surface area contributed by atoms with Gasteiger partial charge in [0.1, 0.15) is 5.75 Å². The molecule has 1 aliphatic rings. The highest BCUT2D eigenvalue weighted by molar-refractivity contribution is 5.79. The summed E-state index contributed by atoms with van der Waals surface area (Å²) in [4.78, 5) is 26.0. The standard InChI is InChI=1S/C19H29N3O3/c1-3-11-20-19(24)21-16-9-12-22(13-10-16)18(23)14-15-5-7-17(8-6-15)25-4-2/h5-8,16H,3-4,9-14H2,1-2H3,(H2,20,21,24). The normalized spacial score (nSPS) is 14.9. The van der Waals surface area contributed by atoms with Gasteiger partial charge in [0.25, 0.3) is 0 Å². The lowest BCUT2D eigenvalue weighted by Crippen LogP contribution is -2.49. The van der Waals surface area contributed by atoms with Crippen molar-refractivity contribution < 1.29 is 14.3 Å². The molecule has 3 amide bonds. The van der Waals surface area contributed by atoms with E-state index in [1.807, 2.05) is 43.0 Å². The molecule has 25 heavy (non-hydrogen) atoms. The van der Waals surface area contributed by atoms with Crippen LogP contribution in [0.3, 0.4) is 0 Å². The molecule has 0 aromatic heterocycles. The van der Waals surface area contributed by atoms with E-state index in [-0.39, 0.29) is 18.0 Å². The van der Waals surface area contributed by atoms with Crippen LogP contribution < -0.4 is 15.4 Å². The fraction of sp³-hybridized carbons (Fsp3) is 0.579. The summed E-state index contributed by atoms with van der Waals surface area (Å²) in [5.74, 6) is 0.963. The summed E-state index contributed by atoms with van der Waals surface area (Å²) in [7, 11) is 0. The van der Waals surface area contributed by atoms with Gasteiger partial charge in [0.2, 0.25) is 5.91 Å². The van der Waals surface area contributed by atoms with Crippen molar-refractivity contribution in [2.45, 2.75) is 45.6 Å². The van der Waals surface area contributed by atoms with Gasteiger partial charge in [0.15, 0.2) is 0 Å². The van der Waals surface area contributed by atoms with Crippen molar-refractivity contribution in [3.63, 3.8) is 0 Å². The van der Waals surface area contributed by atoms with Gasteiger partial charge < -0.3 is 20.3 Å². The maximum atomic E-state index is 12.4. The first-order valence-electron chi connectivity index (χ1n) is 9.16. The molecule has 1 aromatic rings. The molecule has 1 saturated heterocycles. The zero-order valence-corrected chi connectivity index (χ0v) is 15.2. The fourth-order valence-corrected chi connectivity index (χ4v) is 2.90. The van der Waals surface area contributed by atoms with Crippen LogP contribution in [0.4, 0.5) is 4.79 Å². The highest BCUT2D eigenvalue weighted by Crippen LogP contribution is 2.15. The number of ether oxygens (including phenoxy) is 1. The second-order valence-electron chi connectivity index (χ2n) is 6.31. The Morgan fingerprint density at radius 2 is 1.84 bits per heavy atom. The SMILES string of the molecule is CCCNC(=O)NC1CCN(C(=O)Cc2ccc(OCC)cc2)CC1. The van der Waals surface area contributed by atoms with Crippen molar-refractivity contribution in [3.05, 3.63) is 29.8 Å². The first-order chi connectivity index (χ1) is 12.1. The van der Waals surface area contributed by atoms with Crippen LogP contribution in [-0.2, 0) is 11.2 Å². The molecule has 2 N–H and O–H groups in total. The van der Waals surface area contributed by atoms with E-state index in [9.17, 15) is 9.59 Å². The van der Waals surface area contributed by atoms with Gasteiger partial charge in [-0.2, -0.15) is 0 Å². The van der Waals surface area contributed by atoms with Crippen LogP contribution in [0.2, 0.25) is 0 Å². The number of rotatable bonds is 7. The summed E-state index contributed by atoms with van der Waals surface area (Å²) in [5, 5.41) is 5.80. The Labute approximate surface area is 149 Å². The molecule has 6 heteroatoms. The summed E-state index contributed by atoms with van der Waals surface area (Å²) in [6.07, 6.45) is 2.93. The van der Waals surface area contributed by atoms with Crippen LogP contribution in [0.15, 0.2) is 24.3 Å². The second-order valence-corrected chi connectivity index (χ2v) is 6.31. The topological polar surface area (TPSA) is 70.7 Å². The first kappa shape index (κ1) is 19.1. The minimum absolute atomic E-state index is 0.110. The molecule has 1 heterocycles. The highest BCUT2D eigenvalue weighted by atomic mass is 16.5. The number of carbonyl (C=O) groups is 2. The monoisotopic (exact) mass is 347 g/mol. The zero-order chi connectivity index (χ0) is 18.1. The van der Waals surface area contributed by atoms with Gasteiger partial charge >= 0.3 is 6.03 Å². The lowest BCUT2D eigenvalue weighted by Gasteiger charge is -2.32. The Balaban J connectivity index is 1.74. The average Bonchev–Trinajstić information content (AvgIpc) is 2.62. The van der Waals surface area contributed by atoms with Gasteiger partial charge in [0.05, 0.1) is 13.0 Å². The Kier molecular flexibility index (Phi) is 7.57. The molecule has 0 radical (unpaired) electrons. The lowest BCUT2D eigenvalue weighted by atomic mass is 10.0. The number of nitrogens with zero attached hydrogens (tertiary/aromatic N) is 1. The average molecular weight is 347 g/mol. The number of piperidine rings is 1. The smallest absolute Gasteiger partial charge is 0.315 e. The quantitative estimate of drug-likeness (QED) is 0.795. The van der Waals surface area contributed by atoms with E-state index in [4.69, 9.17) is 4.74 Å². The number of nitrogens with one attached hydrogen (secondary N) is 2. The minimum atomic E-state index is -0.110. The number of benzene rings is 1. The Morgan fingerprint density at radius 3 is 2.44 bits per heavy atom. The zero-order valence-electron chi connectivity index (χ0n) is 15.2. The molecule has 0 atom stereocenters. The Hall–Kier alpha value is -2.24. The first-order valence-corrected chi connectivity index (χ1v) is 9.16. The van der Waals surface area contributed by atoms with E-state index in [1.165, 1.54) is 0 Å². The Bertz CT molecular complexity index is 552. The molecule has 0 bridgehead atoms. The molecule has 2 rings (SSSR count). The predicted octanol–water partition coefficient (Wildman–Crippen LogP) is 2.33. The summed E-state index contributed by atoms with van der Waals surface area (Å²) in [6.45, 7) is 6.67. The number of likely N-dealkylation sites (tertiary alicyclic amines) is 1. The predicted molar refractivity (Wildman–Crippen MR) is 97.7 cm³/mol. The largest absolute Gasteiger partial charge is 0.494 e. The molecule has 1 aromatic carbocycles. The Morgan fingerprint density at radius 1 is 1.16 bits per heavy atom. The maximum absolute atomic E-state index is 12.4.